The summed E-state index contributed by atoms with van der Waals surface area (Å²) < 4.78 is 28.5. The van der Waals surface area contributed by atoms with Crippen LogP contribution in [0.25, 0.3) is 0 Å². The molecule has 0 aliphatic rings. The summed E-state index contributed by atoms with van der Waals surface area (Å²) >= 11 is 0. The molecule has 0 fully saturated rings. The van der Waals surface area contributed by atoms with Gasteiger partial charge in [0.05, 0.1) is 5.69 Å². The Morgan fingerprint density at radius 2 is 1.96 bits per heavy atom. The number of carbonyl (C=O) groups is 1. The summed E-state index contributed by atoms with van der Waals surface area (Å²) in [5, 5.41) is 0. The minimum absolute atomic E-state index is 0.0329. The normalized spacial score (nSPS) is 11.3. The lowest BCUT2D eigenvalue weighted by Crippen LogP contribution is -2.11. The molecule has 0 saturated carbocycles. The highest BCUT2D eigenvalue weighted by Gasteiger charge is 2.16. The average molecular weight is 317 g/mol. The molecule has 0 bridgehead atoms. The fourth-order valence-electron chi connectivity index (χ4n) is 2.56. The Morgan fingerprint density at radius 3 is 2.61 bits per heavy atom. The zero-order valence-electron chi connectivity index (χ0n) is 13.7. The monoisotopic (exact) mass is 317 g/mol. The van der Waals surface area contributed by atoms with Crippen LogP contribution in [0.4, 0.5) is 8.78 Å². The third-order valence-corrected chi connectivity index (χ3v) is 4.07. The first kappa shape index (κ1) is 17.1. The summed E-state index contributed by atoms with van der Waals surface area (Å²) in [5.41, 5.74) is 3.12. The van der Waals surface area contributed by atoms with Crippen LogP contribution in [0.5, 0.6) is 0 Å². The summed E-state index contributed by atoms with van der Waals surface area (Å²) in [7, 11) is 0. The van der Waals surface area contributed by atoms with Gasteiger partial charge in [0, 0.05) is 24.7 Å². The molecule has 2 nitrogen and oxygen atoms in total. The summed E-state index contributed by atoms with van der Waals surface area (Å²) in [4.78, 5) is 12.5. The molecular weight excluding hydrogens is 296 g/mol. The number of rotatable bonds is 6. The molecule has 0 saturated heterocycles. The van der Waals surface area contributed by atoms with Crippen molar-refractivity contribution in [2.45, 2.75) is 40.2 Å². The molecule has 0 N–H and O–H groups in total. The molecule has 0 amide bonds. The van der Waals surface area contributed by atoms with E-state index in [1.165, 1.54) is 12.1 Å². The summed E-state index contributed by atoms with van der Waals surface area (Å²) in [6.07, 6.45) is 4.39. The van der Waals surface area contributed by atoms with Gasteiger partial charge in [-0.3, -0.25) is 4.79 Å². The first-order valence-electron chi connectivity index (χ1n) is 7.69. The topological polar surface area (TPSA) is 22.0 Å². The Balaban J connectivity index is 2.16. The maximum atomic E-state index is 13.7. The number of nitrogens with zero attached hydrogens (tertiary/aromatic N) is 1. The molecule has 4 heteroatoms. The van der Waals surface area contributed by atoms with Gasteiger partial charge < -0.3 is 4.57 Å². The van der Waals surface area contributed by atoms with Gasteiger partial charge in [-0.1, -0.05) is 18.2 Å². The standard InChI is InChI=1S/C19H21F2NO/c1-4-5-10-22-14(3)13(2)11-18(22)19(23)9-7-15-6-8-16(20)12-17(15)21/h4-6,8,11-12H,7,9-10H2,1-3H3/b5-4+. The fraction of sp³-hybridized carbons (Fsp3) is 0.316. The Morgan fingerprint density at radius 1 is 1.22 bits per heavy atom. The number of hydrogen-bond acceptors (Lipinski definition) is 1. The molecule has 0 aliphatic carbocycles. The first-order valence-corrected chi connectivity index (χ1v) is 7.69. The molecule has 0 atom stereocenters. The Kier molecular flexibility index (Phi) is 5.48. The lowest BCUT2D eigenvalue weighted by Gasteiger charge is -2.09. The minimum atomic E-state index is -0.607. The molecule has 23 heavy (non-hydrogen) atoms. The highest BCUT2D eigenvalue weighted by molar-refractivity contribution is 5.95. The van der Waals surface area contributed by atoms with Crippen molar-refractivity contribution in [2.75, 3.05) is 0 Å². The quantitative estimate of drug-likeness (QED) is 0.555. The van der Waals surface area contributed by atoms with Crippen LogP contribution in [-0.2, 0) is 13.0 Å². The fourth-order valence-corrected chi connectivity index (χ4v) is 2.56. The van der Waals surface area contributed by atoms with Gasteiger partial charge in [-0.05, 0) is 50.5 Å². The molecule has 2 rings (SSSR count). The van der Waals surface area contributed by atoms with E-state index in [2.05, 4.69) is 0 Å². The number of benzene rings is 1. The van der Waals surface area contributed by atoms with Gasteiger partial charge in [0.1, 0.15) is 11.6 Å². The number of carbonyl (C=O) groups excluding carboxylic acids is 1. The van der Waals surface area contributed by atoms with E-state index in [0.29, 0.717) is 17.8 Å². The van der Waals surface area contributed by atoms with E-state index in [1.807, 2.05) is 43.6 Å². The molecule has 1 heterocycles. The van der Waals surface area contributed by atoms with Gasteiger partial charge in [-0.15, -0.1) is 0 Å². The maximum Gasteiger partial charge on any atom is 0.179 e. The van der Waals surface area contributed by atoms with E-state index >= 15 is 0 Å². The minimum Gasteiger partial charge on any atom is -0.338 e. The summed E-state index contributed by atoms with van der Waals surface area (Å²) in [5.74, 6) is -1.24. The van der Waals surface area contributed by atoms with Crippen molar-refractivity contribution in [1.29, 1.82) is 0 Å². The molecule has 0 spiro atoms. The largest absolute Gasteiger partial charge is 0.338 e. The number of halogens is 2. The average Bonchev–Trinajstić information content (AvgIpc) is 2.79. The predicted octanol–water partition coefficient (Wildman–Crippen LogP) is 4.77. The van der Waals surface area contributed by atoms with E-state index in [-0.39, 0.29) is 18.6 Å². The van der Waals surface area contributed by atoms with Crippen molar-refractivity contribution in [3.05, 3.63) is 70.6 Å². The van der Waals surface area contributed by atoms with E-state index in [4.69, 9.17) is 0 Å². The van der Waals surface area contributed by atoms with Gasteiger partial charge in [0.25, 0.3) is 0 Å². The second-order valence-corrected chi connectivity index (χ2v) is 5.64. The van der Waals surface area contributed by atoms with E-state index < -0.39 is 11.6 Å². The zero-order chi connectivity index (χ0) is 17.0. The van der Waals surface area contributed by atoms with Crippen molar-refractivity contribution in [3.63, 3.8) is 0 Å². The van der Waals surface area contributed by atoms with Crippen LogP contribution in [0.1, 0.15) is 40.7 Å². The molecule has 2 aromatic rings. The van der Waals surface area contributed by atoms with Crippen molar-refractivity contribution < 1.29 is 13.6 Å². The van der Waals surface area contributed by atoms with Crippen molar-refractivity contribution in [3.8, 4) is 0 Å². The lowest BCUT2D eigenvalue weighted by molar-refractivity contribution is 0.0974. The second kappa shape index (κ2) is 7.36. The van der Waals surface area contributed by atoms with Crippen LogP contribution in [-0.4, -0.2) is 10.4 Å². The Bertz CT molecular complexity index is 744. The highest BCUT2D eigenvalue weighted by Crippen LogP contribution is 2.18. The second-order valence-electron chi connectivity index (χ2n) is 5.64. The van der Waals surface area contributed by atoms with Crippen LogP contribution in [0.2, 0.25) is 0 Å². The molecule has 0 radical (unpaired) electrons. The highest BCUT2D eigenvalue weighted by atomic mass is 19.1. The van der Waals surface area contributed by atoms with Gasteiger partial charge in [0.2, 0.25) is 0 Å². The lowest BCUT2D eigenvalue weighted by atomic mass is 10.1. The molecule has 1 aromatic carbocycles. The first-order chi connectivity index (χ1) is 10.9. The molecule has 122 valence electrons. The molecule has 0 aliphatic heterocycles. The van der Waals surface area contributed by atoms with E-state index in [0.717, 1.165) is 17.3 Å². The smallest absolute Gasteiger partial charge is 0.179 e. The third kappa shape index (κ3) is 3.95. The van der Waals surface area contributed by atoms with Crippen LogP contribution in [0.3, 0.4) is 0 Å². The van der Waals surface area contributed by atoms with Crippen molar-refractivity contribution >= 4 is 5.78 Å². The third-order valence-electron chi connectivity index (χ3n) is 4.07. The molecular formula is C19H21F2NO. The summed E-state index contributed by atoms with van der Waals surface area (Å²) in [6.45, 7) is 6.53. The van der Waals surface area contributed by atoms with E-state index in [9.17, 15) is 13.6 Å². The number of aryl methyl sites for hydroxylation is 2. The number of aromatic nitrogens is 1. The Labute approximate surface area is 135 Å². The van der Waals surface area contributed by atoms with Crippen molar-refractivity contribution in [2.24, 2.45) is 0 Å². The molecule has 1 aromatic heterocycles. The van der Waals surface area contributed by atoms with Gasteiger partial charge in [-0.25, -0.2) is 8.78 Å². The van der Waals surface area contributed by atoms with Gasteiger partial charge in [0.15, 0.2) is 5.78 Å². The van der Waals surface area contributed by atoms with Crippen LogP contribution in [0, 0.1) is 25.5 Å². The van der Waals surface area contributed by atoms with Crippen LogP contribution in [0.15, 0.2) is 36.4 Å². The number of allylic oxidation sites excluding steroid dienone is 2. The van der Waals surface area contributed by atoms with Gasteiger partial charge in [-0.2, -0.15) is 0 Å². The van der Waals surface area contributed by atoms with Gasteiger partial charge >= 0.3 is 0 Å². The van der Waals surface area contributed by atoms with Crippen molar-refractivity contribution in [1.82, 2.24) is 4.57 Å². The van der Waals surface area contributed by atoms with E-state index in [1.54, 1.807) is 0 Å². The predicted molar refractivity (Wildman–Crippen MR) is 87.7 cm³/mol. The molecule has 0 unspecified atom stereocenters. The summed E-state index contributed by atoms with van der Waals surface area (Å²) in [6, 6.07) is 5.34. The number of ketones is 1. The van der Waals surface area contributed by atoms with Crippen LogP contribution < -0.4 is 0 Å². The number of Topliss-reactive ketones (excluding diaryl/α,β-unsaturated/α-hetero) is 1. The maximum absolute atomic E-state index is 13.7. The SMILES string of the molecule is C/C=C/Cn1c(C(=O)CCc2ccc(F)cc2F)cc(C)c1C. The number of hydrogen-bond donors (Lipinski definition) is 0. The van der Waals surface area contributed by atoms with Crippen LogP contribution >= 0.6 is 0 Å². The zero-order valence-corrected chi connectivity index (χ0v) is 13.7. The Hall–Kier alpha value is -2.23.